The van der Waals surface area contributed by atoms with E-state index in [0.717, 1.165) is 0 Å². The highest BCUT2D eigenvalue weighted by atomic mass is 32.2. The number of fused-ring (bicyclic) bond motifs is 1. The molecule has 0 radical (unpaired) electrons. The van der Waals surface area contributed by atoms with Crippen LogP contribution in [-0.2, 0) is 19.2 Å². The van der Waals surface area contributed by atoms with E-state index >= 15 is 0 Å². The van der Waals surface area contributed by atoms with Crippen LogP contribution >= 0.6 is 23.5 Å². The largest absolute Gasteiger partial charge is 0.618 e. The monoisotopic (exact) mass is 423 g/mol. The molecule has 1 saturated heterocycles. The second kappa shape index (κ2) is 8.23. The Labute approximate surface area is 168 Å². The van der Waals surface area contributed by atoms with Crippen LogP contribution in [0.5, 0.6) is 0 Å². The Morgan fingerprint density at radius 1 is 1.43 bits per heavy atom. The topological polar surface area (TPSA) is 131 Å². The molecule has 2 aliphatic rings. The van der Waals surface area contributed by atoms with Gasteiger partial charge in [0.2, 0.25) is 5.91 Å². The van der Waals surface area contributed by atoms with E-state index in [0.29, 0.717) is 21.1 Å². The maximum atomic E-state index is 12.5. The molecule has 0 aromatic carbocycles. The number of carbonyl (C=O) groups excluding carboxylic acids is 3. The Balaban J connectivity index is 1.74. The average molecular weight is 423 g/mol. The standard InChI is InChI=1S/C17H17N3O6S2/c1-9(21)6-11(22)18-13-15(23)20-14(17(24)25)10(8-28-16(13)20)7-27-12-4-2-3-5-19(12)26/h2-5,13,16H,6-8H2,1H3,(H,18,22)(H,24,25)/t13?,16-/m1/s1. The van der Waals surface area contributed by atoms with Crippen molar-refractivity contribution in [1.82, 2.24) is 10.2 Å². The number of rotatable bonds is 7. The van der Waals surface area contributed by atoms with Gasteiger partial charge >= 0.3 is 5.97 Å². The number of carboxylic acids is 1. The van der Waals surface area contributed by atoms with Gasteiger partial charge in [-0.2, -0.15) is 4.73 Å². The summed E-state index contributed by atoms with van der Waals surface area (Å²) in [5, 5.41) is 23.8. The molecule has 1 fully saturated rings. The van der Waals surface area contributed by atoms with Crippen LogP contribution in [0.1, 0.15) is 13.3 Å². The summed E-state index contributed by atoms with van der Waals surface area (Å²) in [5.41, 5.74) is 0.427. The molecule has 11 heteroatoms. The molecule has 2 atom stereocenters. The number of aliphatic carboxylic acids is 1. The van der Waals surface area contributed by atoms with Crippen molar-refractivity contribution in [3.8, 4) is 0 Å². The van der Waals surface area contributed by atoms with E-state index in [1.807, 2.05) is 0 Å². The van der Waals surface area contributed by atoms with Crippen LogP contribution in [-0.4, -0.2) is 56.5 Å². The van der Waals surface area contributed by atoms with Crippen molar-refractivity contribution in [3.63, 3.8) is 0 Å². The molecule has 1 unspecified atom stereocenters. The number of thioether (sulfide) groups is 2. The van der Waals surface area contributed by atoms with Gasteiger partial charge in [-0.25, -0.2) is 4.79 Å². The second-order valence-corrected chi connectivity index (χ2v) is 8.35. The maximum absolute atomic E-state index is 12.5. The smallest absolute Gasteiger partial charge is 0.352 e. The first kappa shape index (κ1) is 20.2. The number of amides is 2. The number of carboxylic acid groups (broad SMARTS) is 1. The molecule has 3 rings (SSSR count). The zero-order chi connectivity index (χ0) is 20.4. The Kier molecular flexibility index (Phi) is 5.94. The fourth-order valence-corrected chi connectivity index (χ4v) is 5.33. The molecule has 0 bridgehead atoms. The van der Waals surface area contributed by atoms with Gasteiger partial charge in [0.05, 0.1) is 6.42 Å². The number of hydrogen-bond acceptors (Lipinski definition) is 7. The fourth-order valence-electron chi connectivity index (χ4n) is 2.93. The highest BCUT2D eigenvalue weighted by Crippen LogP contribution is 2.41. The lowest BCUT2D eigenvalue weighted by atomic mass is 10.0. The Hall–Kier alpha value is -2.53. The average Bonchev–Trinajstić information content (AvgIpc) is 2.64. The van der Waals surface area contributed by atoms with Crippen molar-refractivity contribution in [2.24, 2.45) is 0 Å². The third-order valence-corrected chi connectivity index (χ3v) is 6.60. The Morgan fingerprint density at radius 2 is 2.18 bits per heavy atom. The van der Waals surface area contributed by atoms with Gasteiger partial charge < -0.3 is 15.6 Å². The SMILES string of the molecule is CC(=O)CC(=O)NC1C(=O)N2C(C(=O)O)=C(CSc3cccc[n+]3[O-])CS[C@H]12. The molecule has 0 aliphatic carbocycles. The van der Waals surface area contributed by atoms with E-state index in [2.05, 4.69) is 5.32 Å². The summed E-state index contributed by atoms with van der Waals surface area (Å²) in [6.07, 6.45) is 1.03. The van der Waals surface area contributed by atoms with Crippen LogP contribution in [0.2, 0.25) is 0 Å². The van der Waals surface area contributed by atoms with E-state index in [4.69, 9.17) is 0 Å². The van der Waals surface area contributed by atoms with Crippen molar-refractivity contribution in [1.29, 1.82) is 0 Å². The van der Waals surface area contributed by atoms with Crippen LogP contribution in [0.3, 0.4) is 0 Å². The lowest BCUT2D eigenvalue weighted by Crippen LogP contribution is -2.70. The second-order valence-electron chi connectivity index (χ2n) is 6.24. The highest BCUT2D eigenvalue weighted by Gasteiger charge is 2.54. The molecule has 2 aliphatic heterocycles. The number of Topliss-reactive ketones (excluding diaryl/α,β-unsaturated/α-hetero) is 1. The van der Waals surface area contributed by atoms with E-state index in [9.17, 15) is 29.5 Å². The number of nitrogens with one attached hydrogen (secondary N) is 1. The van der Waals surface area contributed by atoms with Crippen molar-refractivity contribution in [3.05, 3.63) is 40.9 Å². The number of aromatic nitrogens is 1. The minimum absolute atomic E-state index is 0.105. The molecular formula is C17H17N3O6S2. The zero-order valence-electron chi connectivity index (χ0n) is 14.8. The summed E-state index contributed by atoms with van der Waals surface area (Å²) in [7, 11) is 0. The molecule has 148 valence electrons. The van der Waals surface area contributed by atoms with Crippen LogP contribution in [0, 0.1) is 5.21 Å². The number of carbonyl (C=O) groups is 4. The van der Waals surface area contributed by atoms with Crippen LogP contribution in [0.4, 0.5) is 0 Å². The Bertz CT molecular complexity index is 887. The fraction of sp³-hybridized carbons (Fsp3) is 0.353. The van der Waals surface area contributed by atoms with Gasteiger partial charge in [0.25, 0.3) is 10.9 Å². The summed E-state index contributed by atoms with van der Waals surface area (Å²) in [4.78, 5) is 48.2. The summed E-state index contributed by atoms with van der Waals surface area (Å²) in [6, 6.07) is 4.09. The van der Waals surface area contributed by atoms with Gasteiger partial charge in [-0.3, -0.25) is 19.3 Å². The van der Waals surface area contributed by atoms with Crippen LogP contribution in [0.25, 0.3) is 0 Å². The lowest BCUT2D eigenvalue weighted by molar-refractivity contribution is -0.645. The molecule has 2 amide bonds. The molecule has 1 aromatic rings. The minimum Gasteiger partial charge on any atom is -0.618 e. The van der Waals surface area contributed by atoms with Crippen molar-refractivity contribution >= 4 is 47.1 Å². The summed E-state index contributed by atoms with van der Waals surface area (Å²) < 4.78 is 0.694. The van der Waals surface area contributed by atoms with Crippen molar-refractivity contribution in [2.75, 3.05) is 11.5 Å². The van der Waals surface area contributed by atoms with Crippen molar-refractivity contribution in [2.45, 2.75) is 29.8 Å². The molecular weight excluding hydrogens is 406 g/mol. The van der Waals surface area contributed by atoms with Gasteiger partial charge in [0.15, 0.2) is 6.20 Å². The Morgan fingerprint density at radius 3 is 2.82 bits per heavy atom. The molecule has 0 saturated carbocycles. The number of ketones is 1. The number of nitrogens with zero attached hydrogens (tertiary/aromatic N) is 2. The number of hydrogen-bond donors (Lipinski definition) is 2. The molecule has 1 aromatic heterocycles. The quantitative estimate of drug-likeness (QED) is 0.208. The first-order valence-corrected chi connectivity index (χ1v) is 10.3. The minimum atomic E-state index is -1.23. The van der Waals surface area contributed by atoms with Gasteiger partial charge in [-0.1, -0.05) is 11.8 Å². The summed E-state index contributed by atoms with van der Waals surface area (Å²) in [6.45, 7) is 1.28. The molecule has 2 N–H and O–H groups in total. The van der Waals surface area contributed by atoms with Crippen LogP contribution in [0.15, 0.2) is 40.7 Å². The van der Waals surface area contributed by atoms with E-state index < -0.39 is 29.2 Å². The van der Waals surface area contributed by atoms with Gasteiger partial charge in [-0.05, 0) is 18.6 Å². The van der Waals surface area contributed by atoms with Gasteiger partial charge in [-0.15, -0.1) is 11.8 Å². The molecule has 28 heavy (non-hydrogen) atoms. The predicted molar refractivity (Wildman–Crippen MR) is 101 cm³/mol. The first-order chi connectivity index (χ1) is 13.3. The molecule has 0 spiro atoms. The number of β-lactam (4-membered cyclic amide) rings is 1. The van der Waals surface area contributed by atoms with Crippen molar-refractivity contribution < 1.29 is 29.0 Å². The van der Waals surface area contributed by atoms with E-state index in [-0.39, 0.29) is 23.7 Å². The normalized spacial score (nSPS) is 21.0. The third-order valence-electron chi connectivity index (χ3n) is 4.16. The van der Waals surface area contributed by atoms with E-state index in [1.54, 1.807) is 18.2 Å². The lowest BCUT2D eigenvalue weighted by Gasteiger charge is -2.49. The van der Waals surface area contributed by atoms with Crippen LogP contribution < -0.4 is 10.0 Å². The van der Waals surface area contributed by atoms with E-state index in [1.165, 1.54) is 41.5 Å². The number of pyridine rings is 1. The molecule has 3 heterocycles. The van der Waals surface area contributed by atoms with Gasteiger partial charge in [0.1, 0.15) is 22.9 Å². The summed E-state index contributed by atoms with van der Waals surface area (Å²) in [5.74, 6) is -2.03. The molecule has 9 nitrogen and oxygen atoms in total. The summed E-state index contributed by atoms with van der Waals surface area (Å²) >= 11 is 2.53. The zero-order valence-corrected chi connectivity index (χ0v) is 16.4. The first-order valence-electron chi connectivity index (χ1n) is 8.29. The van der Waals surface area contributed by atoms with Gasteiger partial charge in [0, 0.05) is 23.6 Å². The predicted octanol–water partition coefficient (Wildman–Crippen LogP) is 0.130. The maximum Gasteiger partial charge on any atom is 0.352 e. The third kappa shape index (κ3) is 3.99. The highest BCUT2D eigenvalue weighted by molar-refractivity contribution is 8.01.